The summed E-state index contributed by atoms with van der Waals surface area (Å²) in [7, 11) is 0. The van der Waals surface area contributed by atoms with E-state index in [1.807, 2.05) is 41.5 Å². The van der Waals surface area contributed by atoms with Gasteiger partial charge in [-0.15, -0.1) is 0 Å². The topological polar surface area (TPSA) is 118 Å². The number of ether oxygens (including phenoxy) is 1. The van der Waals surface area contributed by atoms with Gasteiger partial charge in [-0.1, -0.05) is 41.5 Å². The lowest BCUT2D eigenvalue weighted by molar-refractivity contribution is -0.177. The Balaban J connectivity index is 1.60. The summed E-state index contributed by atoms with van der Waals surface area (Å²) in [6.45, 7) is 11.6. The molecular formula is C22H30O7. The van der Waals surface area contributed by atoms with Crippen molar-refractivity contribution in [3.8, 4) is 0 Å². The average Bonchev–Trinajstić information content (AvgIpc) is 3.21. The van der Waals surface area contributed by atoms with Gasteiger partial charge in [0, 0.05) is 0 Å². The fraction of sp³-hybridized carbons (Fsp3) is 0.818. The van der Waals surface area contributed by atoms with E-state index in [2.05, 4.69) is 0 Å². The van der Waals surface area contributed by atoms with E-state index >= 15 is 0 Å². The van der Waals surface area contributed by atoms with Gasteiger partial charge in [0.2, 0.25) is 0 Å². The first-order chi connectivity index (χ1) is 13.1. The summed E-state index contributed by atoms with van der Waals surface area (Å²) in [5, 5.41) is 19.4. The smallest absolute Gasteiger partial charge is 0.318 e. The monoisotopic (exact) mass is 406 g/mol. The molecule has 0 aromatic rings. The molecule has 8 atom stereocenters. The molecule has 4 bridgehead atoms. The number of carbonyl (C=O) groups excluding carboxylic acids is 2. The predicted molar refractivity (Wildman–Crippen MR) is 100 cm³/mol. The van der Waals surface area contributed by atoms with Gasteiger partial charge in [-0.05, 0) is 46.3 Å². The van der Waals surface area contributed by atoms with Gasteiger partial charge in [-0.2, -0.15) is 0 Å². The molecule has 6 rings (SSSR count). The molecule has 0 aromatic heterocycles. The molecule has 160 valence electrons. The molecule has 0 amide bonds. The number of hydrogen-bond acceptors (Lipinski definition) is 5. The fourth-order valence-corrected chi connectivity index (χ4v) is 7.67. The number of hydrogen-bond donors (Lipinski definition) is 2. The number of esters is 2. The van der Waals surface area contributed by atoms with Crippen LogP contribution in [0.2, 0.25) is 0 Å². The lowest BCUT2D eigenvalue weighted by Gasteiger charge is -2.54. The van der Waals surface area contributed by atoms with Crippen molar-refractivity contribution in [1.29, 1.82) is 0 Å². The van der Waals surface area contributed by atoms with Gasteiger partial charge in [0.05, 0.1) is 23.7 Å². The van der Waals surface area contributed by atoms with E-state index in [0.29, 0.717) is 12.8 Å². The molecule has 8 unspecified atom stereocenters. The van der Waals surface area contributed by atoms with Gasteiger partial charge in [0.1, 0.15) is 0 Å². The molecule has 7 nitrogen and oxygen atoms in total. The number of carboxylic acids is 2. The van der Waals surface area contributed by atoms with E-state index in [1.54, 1.807) is 0 Å². The molecular weight excluding hydrogens is 376 g/mol. The van der Waals surface area contributed by atoms with Crippen LogP contribution in [0.4, 0.5) is 0 Å². The lowest BCUT2D eigenvalue weighted by atomic mass is 9.50. The summed E-state index contributed by atoms with van der Waals surface area (Å²) in [6.07, 6.45) is 1.22. The first-order valence-electron chi connectivity index (χ1n) is 10.3. The summed E-state index contributed by atoms with van der Waals surface area (Å²) in [5.41, 5.74) is -1.78. The number of carbonyl (C=O) groups is 4. The Hall–Kier alpha value is -1.92. The highest BCUT2D eigenvalue weighted by molar-refractivity contribution is 5.94. The Morgan fingerprint density at radius 1 is 0.690 bits per heavy atom. The van der Waals surface area contributed by atoms with Crippen LogP contribution in [-0.2, 0) is 23.9 Å². The second kappa shape index (κ2) is 5.41. The maximum absolute atomic E-state index is 13.1. The minimum absolute atomic E-state index is 0.139. The summed E-state index contributed by atoms with van der Waals surface area (Å²) < 4.78 is 5.29. The van der Waals surface area contributed by atoms with Gasteiger partial charge >= 0.3 is 23.9 Å². The quantitative estimate of drug-likeness (QED) is 0.544. The molecule has 6 fully saturated rings. The van der Waals surface area contributed by atoms with Crippen LogP contribution in [-0.4, -0.2) is 34.1 Å². The van der Waals surface area contributed by atoms with Crippen molar-refractivity contribution < 1.29 is 34.1 Å². The molecule has 0 radical (unpaired) electrons. The van der Waals surface area contributed by atoms with Crippen molar-refractivity contribution in [1.82, 2.24) is 0 Å². The Bertz CT molecular complexity index is 774. The predicted octanol–water partition coefficient (Wildman–Crippen LogP) is 2.82. The molecule has 0 aliphatic heterocycles. The number of aliphatic carboxylic acids is 2. The summed E-state index contributed by atoms with van der Waals surface area (Å²) >= 11 is 0. The van der Waals surface area contributed by atoms with Crippen LogP contribution in [0.1, 0.15) is 54.4 Å². The van der Waals surface area contributed by atoms with Gasteiger partial charge in [-0.3, -0.25) is 19.2 Å². The third kappa shape index (κ3) is 2.04. The molecule has 6 aliphatic carbocycles. The van der Waals surface area contributed by atoms with E-state index in [9.17, 15) is 29.4 Å². The Kier molecular flexibility index (Phi) is 3.80. The van der Waals surface area contributed by atoms with Crippen LogP contribution in [0.5, 0.6) is 0 Å². The molecule has 2 N–H and O–H groups in total. The molecule has 6 saturated carbocycles. The van der Waals surface area contributed by atoms with Crippen LogP contribution in [0, 0.1) is 57.2 Å². The summed E-state index contributed by atoms with van der Waals surface area (Å²) in [6, 6.07) is 0. The minimum Gasteiger partial charge on any atom is -0.481 e. The first kappa shape index (κ1) is 20.4. The van der Waals surface area contributed by atoms with Gasteiger partial charge in [0.25, 0.3) is 0 Å². The van der Waals surface area contributed by atoms with Gasteiger partial charge in [-0.25, -0.2) is 0 Å². The molecule has 0 saturated heterocycles. The summed E-state index contributed by atoms with van der Waals surface area (Å²) in [5.74, 6) is -7.55. The van der Waals surface area contributed by atoms with Gasteiger partial charge < -0.3 is 14.9 Å². The second-order valence-corrected chi connectivity index (χ2v) is 11.3. The van der Waals surface area contributed by atoms with Crippen molar-refractivity contribution in [2.24, 2.45) is 57.2 Å². The van der Waals surface area contributed by atoms with E-state index in [0.717, 1.165) is 0 Å². The highest BCUT2D eigenvalue weighted by Gasteiger charge is 2.77. The van der Waals surface area contributed by atoms with E-state index in [4.69, 9.17) is 4.74 Å². The highest BCUT2D eigenvalue weighted by Crippen LogP contribution is 2.76. The zero-order chi connectivity index (χ0) is 21.9. The zero-order valence-electron chi connectivity index (χ0n) is 17.8. The van der Waals surface area contributed by atoms with E-state index in [1.165, 1.54) is 0 Å². The Morgan fingerprint density at radius 2 is 1.00 bits per heavy atom. The normalized spacial score (nSPS) is 47.7. The molecule has 0 spiro atoms. The number of fused-ring (bicyclic) bond motifs is 2. The third-order valence-corrected chi connectivity index (χ3v) is 10.3. The van der Waals surface area contributed by atoms with Crippen molar-refractivity contribution >= 4 is 23.9 Å². The van der Waals surface area contributed by atoms with Gasteiger partial charge in [0.15, 0.2) is 0 Å². The van der Waals surface area contributed by atoms with Crippen molar-refractivity contribution in [2.75, 3.05) is 0 Å². The fourth-order valence-electron chi connectivity index (χ4n) is 7.67. The lowest BCUT2D eigenvalue weighted by Crippen LogP contribution is -2.50. The Morgan fingerprint density at radius 3 is 1.24 bits per heavy atom. The maximum atomic E-state index is 13.1. The average molecular weight is 406 g/mol. The highest BCUT2D eigenvalue weighted by atomic mass is 16.6. The van der Waals surface area contributed by atoms with Crippen molar-refractivity contribution in [3.63, 3.8) is 0 Å². The van der Waals surface area contributed by atoms with Crippen LogP contribution >= 0.6 is 0 Å². The van der Waals surface area contributed by atoms with Crippen LogP contribution in [0.25, 0.3) is 0 Å². The largest absolute Gasteiger partial charge is 0.481 e. The molecule has 29 heavy (non-hydrogen) atoms. The summed E-state index contributed by atoms with van der Waals surface area (Å²) in [4.78, 5) is 49.9. The molecule has 0 heterocycles. The number of rotatable bonds is 4. The second-order valence-electron chi connectivity index (χ2n) is 11.3. The number of carboxylic acid groups (broad SMARTS) is 2. The van der Waals surface area contributed by atoms with E-state index in [-0.39, 0.29) is 22.7 Å². The van der Waals surface area contributed by atoms with Crippen LogP contribution in [0.15, 0.2) is 0 Å². The Labute approximate surface area is 170 Å². The molecule has 7 heteroatoms. The van der Waals surface area contributed by atoms with Crippen LogP contribution < -0.4 is 0 Å². The maximum Gasteiger partial charge on any atom is 0.318 e. The van der Waals surface area contributed by atoms with Crippen molar-refractivity contribution in [2.45, 2.75) is 54.4 Å². The minimum atomic E-state index is -1.04. The van der Waals surface area contributed by atoms with Crippen LogP contribution in [0.3, 0.4) is 0 Å². The third-order valence-electron chi connectivity index (χ3n) is 10.3. The molecule has 0 aromatic carbocycles. The molecule has 6 aliphatic rings. The van der Waals surface area contributed by atoms with E-state index < -0.39 is 58.4 Å². The standard InChI is InChI=1S/C22H30O7/c1-19(2)9-7-21(19,5)13(11(9)15(23)24)17(27)29-18(28)14-12(16(25)26)10-8-22(14,6)20(10,3)4/h9-14H,7-8H2,1-6H3,(H,23,24)(H,25,26). The first-order valence-corrected chi connectivity index (χ1v) is 10.3. The SMILES string of the molecule is CC1(C)C2CC1(C)C(C(=O)OC(=O)C1C(C(=O)O)C3CC1(C)C3(C)C)C2C(=O)O. The van der Waals surface area contributed by atoms with Crippen molar-refractivity contribution in [3.05, 3.63) is 0 Å². The zero-order valence-corrected chi connectivity index (χ0v) is 17.8.